The first-order valence-electron chi connectivity index (χ1n) is 9.20. The summed E-state index contributed by atoms with van der Waals surface area (Å²) in [7, 11) is 0. The number of Topliss-reactive ketones (excluding diaryl/α,β-unsaturated/α-hetero) is 1. The molecule has 0 radical (unpaired) electrons. The second-order valence-electron chi connectivity index (χ2n) is 6.85. The van der Waals surface area contributed by atoms with Crippen molar-refractivity contribution in [2.24, 2.45) is 0 Å². The molecule has 3 aromatic carbocycles. The Morgan fingerprint density at radius 1 is 1.00 bits per heavy atom. The van der Waals surface area contributed by atoms with E-state index in [-0.39, 0.29) is 11.5 Å². The average Bonchev–Trinajstić information content (AvgIpc) is 3.15. The Hall–Kier alpha value is -3.61. The lowest BCUT2D eigenvalue weighted by molar-refractivity contribution is -0.153. The van der Waals surface area contributed by atoms with Gasteiger partial charge in [-0.1, -0.05) is 30.3 Å². The van der Waals surface area contributed by atoms with E-state index in [4.69, 9.17) is 4.74 Å². The maximum absolute atomic E-state index is 12.3. The van der Waals surface area contributed by atoms with E-state index in [9.17, 15) is 18.0 Å². The second kappa shape index (κ2) is 7.67. The van der Waals surface area contributed by atoms with Crippen LogP contribution in [0.5, 0.6) is 5.75 Å². The lowest BCUT2D eigenvalue weighted by atomic mass is 9.97. The van der Waals surface area contributed by atoms with E-state index in [0.29, 0.717) is 11.4 Å². The van der Waals surface area contributed by atoms with E-state index in [0.717, 1.165) is 27.7 Å². The minimum atomic E-state index is -4.38. The fourth-order valence-electron chi connectivity index (χ4n) is 3.23. The van der Waals surface area contributed by atoms with Gasteiger partial charge in [-0.15, -0.1) is 0 Å². The number of fused-ring (bicyclic) bond motifs is 1. The minimum absolute atomic E-state index is 0.0103. The van der Waals surface area contributed by atoms with Crippen LogP contribution >= 0.6 is 0 Å². The van der Waals surface area contributed by atoms with Crippen LogP contribution in [0.1, 0.15) is 17.3 Å². The van der Waals surface area contributed by atoms with Crippen LogP contribution in [-0.2, 0) is 0 Å². The van der Waals surface area contributed by atoms with Crippen LogP contribution in [-0.4, -0.2) is 28.5 Å². The van der Waals surface area contributed by atoms with Crippen LogP contribution in [0.2, 0.25) is 0 Å². The number of benzene rings is 3. The monoisotopic (exact) mass is 410 g/mol. The molecule has 4 nitrogen and oxygen atoms in total. The highest BCUT2D eigenvalue weighted by Crippen LogP contribution is 2.29. The van der Waals surface area contributed by atoms with Gasteiger partial charge in [0, 0.05) is 11.1 Å². The molecule has 0 aliphatic carbocycles. The van der Waals surface area contributed by atoms with Crippen LogP contribution in [0.15, 0.2) is 66.7 Å². The Labute approximate surface area is 170 Å². The predicted molar refractivity (Wildman–Crippen MR) is 109 cm³/mol. The number of carbonyl (C=O) groups excluding carboxylic acids is 1. The number of carbonyl (C=O) groups is 1. The lowest BCUT2D eigenvalue weighted by Crippen LogP contribution is -2.19. The molecule has 1 heterocycles. The maximum atomic E-state index is 12.3. The molecule has 152 valence electrons. The highest BCUT2D eigenvalue weighted by atomic mass is 19.4. The molecule has 1 N–H and O–H groups in total. The number of nitrogens with one attached hydrogen (secondary N) is 1. The van der Waals surface area contributed by atoms with Crippen LogP contribution in [0.4, 0.5) is 13.2 Å². The number of aromatic amines is 1. The van der Waals surface area contributed by atoms with Gasteiger partial charge in [-0.05, 0) is 54.4 Å². The lowest BCUT2D eigenvalue weighted by Gasteiger charge is -2.09. The first-order chi connectivity index (χ1) is 14.3. The normalized spacial score (nSPS) is 11.6. The number of ether oxygens (including phenoxy) is 1. The van der Waals surface area contributed by atoms with Crippen molar-refractivity contribution in [2.75, 3.05) is 6.61 Å². The molecular weight excluding hydrogens is 393 g/mol. The quantitative estimate of drug-likeness (QED) is 0.408. The largest absolute Gasteiger partial charge is 0.484 e. The number of alkyl halides is 3. The van der Waals surface area contributed by atoms with Gasteiger partial charge in [-0.25, -0.2) is 4.98 Å². The molecule has 0 unspecified atom stereocenters. The first-order valence-corrected chi connectivity index (χ1v) is 9.20. The molecular formula is C23H17F3N2O2. The Bertz CT molecular complexity index is 1210. The zero-order valence-electron chi connectivity index (χ0n) is 16.0. The van der Waals surface area contributed by atoms with Crippen molar-refractivity contribution >= 4 is 16.8 Å². The van der Waals surface area contributed by atoms with Crippen LogP contribution < -0.4 is 4.74 Å². The fourth-order valence-corrected chi connectivity index (χ4v) is 3.23. The summed E-state index contributed by atoms with van der Waals surface area (Å²) in [4.78, 5) is 19.7. The highest BCUT2D eigenvalue weighted by Gasteiger charge is 2.28. The SMILES string of the molecule is CC(=O)c1ccccc1-c1ccc2nc(-c3ccc(OCC(F)(F)F)cc3)[nH]c2c1. The number of rotatable bonds is 5. The summed E-state index contributed by atoms with van der Waals surface area (Å²) >= 11 is 0. The summed E-state index contributed by atoms with van der Waals surface area (Å²) < 4.78 is 41.5. The molecule has 0 saturated carbocycles. The number of aromatic nitrogens is 2. The van der Waals surface area contributed by atoms with E-state index in [1.165, 1.54) is 19.1 Å². The van der Waals surface area contributed by atoms with Gasteiger partial charge in [0.2, 0.25) is 0 Å². The smallest absolute Gasteiger partial charge is 0.422 e. The molecule has 0 bridgehead atoms. The molecule has 0 atom stereocenters. The van der Waals surface area contributed by atoms with Gasteiger partial charge in [0.05, 0.1) is 11.0 Å². The van der Waals surface area contributed by atoms with Gasteiger partial charge in [0.15, 0.2) is 12.4 Å². The van der Waals surface area contributed by atoms with Crippen molar-refractivity contribution in [1.29, 1.82) is 0 Å². The van der Waals surface area contributed by atoms with E-state index in [1.54, 1.807) is 18.2 Å². The van der Waals surface area contributed by atoms with Crippen molar-refractivity contribution in [3.63, 3.8) is 0 Å². The molecule has 0 aliphatic heterocycles. The minimum Gasteiger partial charge on any atom is -0.484 e. The number of nitrogens with zero attached hydrogens (tertiary/aromatic N) is 1. The van der Waals surface area contributed by atoms with Crippen LogP contribution in [0.3, 0.4) is 0 Å². The molecule has 4 aromatic rings. The van der Waals surface area contributed by atoms with Gasteiger partial charge in [-0.3, -0.25) is 4.79 Å². The standard InChI is InChI=1S/C23H17F3N2O2/c1-14(29)18-4-2-3-5-19(18)16-8-11-20-21(12-16)28-22(27-20)15-6-9-17(10-7-15)30-13-23(24,25)26/h2-12H,13H2,1H3,(H,27,28). The molecule has 0 amide bonds. The summed E-state index contributed by atoms with van der Waals surface area (Å²) in [6.45, 7) is 0.204. The molecule has 0 fully saturated rings. The van der Waals surface area contributed by atoms with Crippen molar-refractivity contribution in [1.82, 2.24) is 9.97 Å². The number of H-pyrrole nitrogens is 1. The van der Waals surface area contributed by atoms with Gasteiger partial charge in [-0.2, -0.15) is 13.2 Å². The van der Waals surface area contributed by atoms with Gasteiger partial charge < -0.3 is 9.72 Å². The number of imidazole rings is 1. The van der Waals surface area contributed by atoms with E-state index >= 15 is 0 Å². The number of hydrogen-bond acceptors (Lipinski definition) is 3. The maximum Gasteiger partial charge on any atom is 0.422 e. The molecule has 0 saturated heterocycles. The summed E-state index contributed by atoms with van der Waals surface area (Å²) in [6.07, 6.45) is -4.38. The molecule has 30 heavy (non-hydrogen) atoms. The van der Waals surface area contributed by atoms with Gasteiger partial charge in [0.1, 0.15) is 11.6 Å². The highest BCUT2D eigenvalue weighted by molar-refractivity contribution is 6.01. The van der Waals surface area contributed by atoms with Crippen LogP contribution in [0, 0.1) is 0 Å². The molecule has 0 spiro atoms. The molecule has 0 aliphatic rings. The summed E-state index contributed by atoms with van der Waals surface area (Å²) in [5.41, 5.74) is 4.63. The number of hydrogen-bond donors (Lipinski definition) is 1. The van der Waals surface area contributed by atoms with Crippen molar-refractivity contribution in [3.8, 4) is 28.3 Å². The predicted octanol–water partition coefficient (Wildman–Crippen LogP) is 6.04. The summed E-state index contributed by atoms with van der Waals surface area (Å²) in [5.74, 6) is 0.712. The number of ketones is 1. The summed E-state index contributed by atoms with van der Waals surface area (Å²) in [6, 6.07) is 19.3. The van der Waals surface area contributed by atoms with E-state index in [1.807, 2.05) is 36.4 Å². The molecule has 4 rings (SSSR count). The Balaban J connectivity index is 1.63. The van der Waals surface area contributed by atoms with E-state index < -0.39 is 12.8 Å². The zero-order valence-corrected chi connectivity index (χ0v) is 16.0. The summed E-state index contributed by atoms with van der Waals surface area (Å²) in [5, 5.41) is 0. The third kappa shape index (κ3) is 4.20. The second-order valence-corrected chi connectivity index (χ2v) is 6.85. The fraction of sp³-hybridized carbons (Fsp3) is 0.130. The third-order valence-electron chi connectivity index (χ3n) is 4.63. The zero-order chi connectivity index (χ0) is 21.3. The van der Waals surface area contributed by atoms with E-state index in [2.05, 4.69) is 9.97 Å². The Morgan fingerprint density at radius 2 is 1.70 bits per heavy atom. The van der Waals surface area contributed by atoms with Crippen LogP contribution in [0.25, 0.3) is 33.5 Å². The van der Waals surface area contributed by atoms with Crippen molar-refractivity contribution < 1.29 is 22.7 Å². The van der Waals surface area contributed by atoms with Gasteiger partial charge >= 0.3 is 6.18 Å². The topological polar surface area (TPSA) is 55.0 Å². The third-order valence-corrected chi connectivity index (χ3v) is 4.63. The average molecular weight is 410 g/mol. The number of halogens is 3. The molecule has 7 heteroatoms. The first kappa shape index (κ1) is 19.7. The Kier molecular flexibility index (Phi) is 5.03. The van der Waals surface area contributed by atoms with Crippen molar-refractivity contribution in [2.45, 2.75) is 13.1 Å². The Morgan fingerprint density at radius 3 is 2.40 bits per heavy atom. The molecule has 1 aromatic heterocycles. The van der Waals surface area contributed by atoms with Gasteiger partial charge in [0.25, 0.3) is 0 Å². The van der Waals surface area contributed by atoms with Crippen molar-refractivity contribution in [3.05, 3.63) is 72.3 Å².